The summed E-state index contributed by atoms with van der Waals surface area (Å²) >= 11 is 5.46. The molecule has 1 aromatic rings. The monoisotopic (exact) mass is 201 g/mol. The first kappa shape index (κ1) is 11.8. The largest absolute Gasteiger partial charge is 0.506 e. The fourth-order valence-corrected chi connectivity index (χ4v) is 0.587. The highest BCUT2D eigenvalue weighted by Crippen LogP contribution is 2.20. The zero-order valence-electron chi connectivity index (χ0n) is 7.57. The van der Waals surface area contributed by atoms with Gasteiger partial charge in [-0.2, -0.15) is 0 Å². The van der Waals surface area contributed by atoms with Crippen molar-refractivity contribution in [2.24, 2.45) is 0 Å². The van der Waals surface area contributed by atoms with E-state index in [1.54, 1.807) is 38.4 Å². The summed E-state index contributed by atoms with van der Waals surface area (Å²) in [4.78, 5) is 10.9. The van der Waals surface area contributed by atoms with Crippen LogP contribution < -0.4 is 0 Å². The number of benzene rings is 1. The number of hydrogen-bond acceptors (Lipinski definition) is 2. The van der Waals surface area contributed by atoms with Crippen LogP contribution in [-0.2, 0) is 4.79 Å². The summed E-state index contributed by atoms with van der Waals surface area (Å²) in [6.45, 7) is 0. The summed E-state index contributed by atoms with van der Waals surface area (Å²) in [5.74, 6) is 0.133. The van der Waals surface area contributed by atoms with E-state index in [0.717, 1.165) is 6.41 Å². The average Bonchev–Trinajstić information content (AvgIpc) is 2.11. The van der Waals surface area contributed by atoms with Gasteiger partial charge in [-0.15, -0.1) is 0 Å². The van der Waals surface area contributed by atoms with Gasteiger partial charge in [-0.3, -0.25) is 4.79 Å². The molecule has 1 N–H and O–H groups in total. The van der Waals surface area contributed by atoms with Gasteiger partial charge in [-0.05, 0) is 12.1 Å². The Kier molecular flexibility index (Phi) is 5.72. The average molecular weight is 202 g/mol. The molecule has 0 unspecified atom stereocenters. The molecule has 0 aliphatic rings. The van der Waals surface area contributed by atoms with Gasteiger partial charge in [0.25, 0.3) is 0 Å². The summed E-state index contributed by atoms with van der Waals surface area (Å²) in [6, 6.07) is 6.67. The standard InChI is InChI=1S/C6H5ClO.C3H7NO/c7-5-3-1-2-4-6(5)8;1-4(2)3-5/h1-4,8H;3H,1-2H3. The van der Waals surface area contributed by atoms with Crippen molar-refractivity contribution in [2.45, 2.75) is 0 Å². The lowest BCUT2D eigenvalue weighted by Gasteiger charge is -1.93. The number of para-hydroxylation sites is 1. The quantitative estimate of drug-likeness (QED) is 0.704. The first-order chi connectivity index (χ1) is 6.07. The molecule has 0 heterocycles. The lowest BCUT2D eigenvalue weighted by molar-refractivity contribution is -0.115. The van der Waals surface area contributed by atoms with E-state index in [9.17, 15) is 4.79 Å². The van der Waals surface area contributed by atoms with Gasteiger partial charge in [-0.25, -0.2) is 0 Å². The van der Waals surface area contributed by atoms with Gasteiger partial charge in [0, 0.05) is 14.1 Å². The molecule has 0 atom stereocenters. The predicted octanol–water partition coefficient (Wildman–Crippen LogP) is 1.75. The molecule has 1 amide bonds. The number of rotatable bonds is 1. The van der Waals surface area contributed by atoms with Crippen LogP contribution >= 0.6 is 11.6 Å². The third kappa shape index (κ3) is 5.99. The summed E-state index contributed by atoms with van der Waals surface area (Å²) in [7, 11) is 3.38. The van der Waals surface area contributed by atoms with E-state index >= 15 is 0 Å². The summed E-state index contributed by atoms with van der Waals surface area (Å²) < 4.78 is 0. The van der Waals surface area contributed by atoms with E-state index in [2.05, 4.69) is 0 Å². The SMILES string of the molecule is CN(C)C=O.Oc1ccccc1Cl. The van der Waals surface area contributed by atoms with Gasteiger partial charge in [-0.1, -0.05) is 23.7 Å². The molecule has 0 aromatic heterocycles. The fraction of sp³-hybridized carbons (Fsp3) is 0.222. The highest BCUT2D eigenvalue weighted by molar-refractivity contribution is 6.31. The highest BCUT2D eigenvalue weighted by atomic mass is 35.5. The van der Waals surface area contributed by atoms with Gasteiger partial charge in [0.1, 0.15) is 5.75 Å². The Morgan fingerprint density at radius 2 is 1.85 bits per heavy atom. The Hall–Kier alpha value is -1.22. The molecule has 1 rings (SSSR count). The number of amides is 1. The summed E-state index contributed by atoms with van der Waals surface area (Å²) in [6.07, 6.45) is 0.750. The molecule has 72 valence electrons. The molecule has 0 aliphatic heterocycles. The van der Waals surface area contributed by atoms with Crippen LogP contribution in [0.3, 0.4) is 0 Å². The zero-order valence-corrected chi connectivity index (χ0v) is 8.32. The van der Waals surface area contributed by atoms with Gasteiger partial charge in [0.15, 0.2) is 0 Å². The number of phenols is 1. The van der Waals surface area contributed by atoms with Gasteiger partial charge in [0.2, 0.25) is 6.41 Å². The molecule has 0 saturated carbocycles. The lowest BCUT2D eigenvalue weighted by atomic mass is 10.3. The number of phenolic OH excluding ortho intramolecular Hbond substituents is 1. The Bertz CT molecular complexity index is 243. The minimum atomic E-state index is 0.133. The summed E-state index contributed by atoms with van der Waals surface area (Å²) in [5.41, 5.74) is 0. The van der Waals surface area contributed by atoms with Gasteiger partial charge < -0.3 is 10.0 Å². The molecule has 0 radical (unpaired) electrons. The van der Waals surface area contributed by atoms with Crippen molar-refractivity contribution in [3.63, 3.8) is 0 Å². The van der Waals surface area contributed by atoms with Crippen LogP contribution in [0.2, 0.25) is 5.02 Å². The van der Waals surface area contributed by atoms with Crippen molar-refractivity contribution in [1.82, 2.24) is 4.90 Å². The smallest absolute Gasteiger partial charge is 0.209 e. The van der Waals surface area contributed by atoms with Crippen molar-refractivity contribution in [1.29, 1.82) is 0 Å². The molecule has 13 heavy (non-hydrogen) atoms. The van der Waals surface area contributed by atoms with Crippen LogP contribution in [0.5, 0.6) is 5.75 Å². The number of aromatic hydroxyl groups is 1. The molecule has 0 fully saturated rings. The van der Waals surface area contributed by atoms with Crippen molar-refractivity contribution in [3.8, 4) is 5.75 Å². The van der Waals surface area contributed by atoms with Crippen LogP contribution in [0.4, 0.5) is 0 Å². The highest BCUT2D eigenvalue weighted by Gasteiger charge is 1.89. The molecule has 3 nitrogen and oxygen atoms in total. The maximum absolute atomic E-state index is 9.43. The second-order valence-electron chi connectivity index (χ2n) is 2.52. The zero-order chi connectivity index (χ0) is 10.3. The van der Waals surface area contributed by atoms with Crippen molar-refractivity contribution in [3.05, 3.63) is 29.3 Å². The van der Waals surface area contributed by atoms with Crippen LogP contribution in [-0.4, -0.2) is 30.5 Å². The lowest BCUT2D eigenvalue weighted by Crippen LogP contribution is -2.06. The second-order valence-corrected chi connectivity index (χ2v) is 2.93. The Balaban J connectivity index is 0.000000252. The first-order valence-corrected chi connectivity index (χ1v) is 4.01. The van der Waals surface area contributed by atoms with Crippen LogP contribution in [0.1, 0.15) is 0 Å². The second kappa shape index (κ2) is 6.31. The summed E-state index contributed by atoms with van der Waals surface area (Å²) in [5, 5.41) is 9.18. The molecule has 0 saturated heterocycles. The van der Waals surface area contributed by atoms with Crippen LogP contribution in [0.15, 0.2) is 24.3 Å². The fourth-order valence-electron chi connectivity index (χ4n) is 0.452. The van der Waals surface area contributed by atoms with Crippen molar-refractivity contribution in [2.75, 3.05) is 14.1 Å². The number of hydrogen-bond donors (Lipinski definition) is 1. The van der Waals surface area contributed by atoms with E-state index in [0.29, 0.717) is 5.02 Å². The first-order valence-electron chi connectivity index (χ1n) is 3.63. The maximum atomic E-state index is 9.43. The molecule has 4 heteroatoms. The van der Waals surface area contributed by atoms with E-state index in [1.165, 1.54) is 4.90 Å². The Labute approximate surface area is 82.6 Å². The van der Waals surface area contributed by atoms with Gasteiger partial charge >= 0.3 is 0 Å². The number of carbonyl (C=O) groups excluding carboxylic acids is 1. The Morgan fingerprint density at radius 3 is 2.08 bits per heavy atom. The van der Waals surface area contributed by atoms with Crippen LogP contribution in [0, 0.1) is 0 Å². The number of nitrogens with zero attached hydrogens (tertiary/aromatic N) is 1. The molecule has 0 bridgehead atoms. The third-order valence-electron chi connectivity index (χ3n) is 1.06. The van der Waals surface area contributed by atoms with Crippen molar-refractivity contribution >= 4 is 18.0 Å². The van der Waals surface area contributed by atoms with E-state index < -0.39 is 0 Å². The minimum Gasteiger partial charge on any atom is -0.506 e. The number of halogens is 1. The van der Waals surface area contributed by atoms with E-state index in [-0.39, 0.29) is 5.75 Å². The maximum Gasteiger partial charge on any atom is 0.209 e. The van der Waals surface area contributed by atoms with E-state index in [4.69, 9.17) is 16.7 Å². The Morgan fingerprint density at radius 1 is 1.38 bits per heavy atom. The van der Waals surface area contributed by atoms with Gasteiger partial charge in [0.05, 0.1) is 5.02 Å². The molecular formula is C9H12ClNO2. The molecule has 0 spiro atoms. The normalized spacial score (nSPS) is 8.23. The minimum absolute atomic E-state index is 0.133. The molecular weight excluding hydrogens is 190 g/mol. The van der Waals surface area contributed by atoms with Crippen LogP contribution in [0.25, 0.3) is 0 Å². The topological polar surface area (TPSA) is 40.5 Å². The van der Waals surface area contributed by atoms with Crippen molar-refractivity contribution < 1.29 is 9.90 Å². The molecule has 1 aromatic carbocycles. The molecule has 0 aliphatic carbocycles. The predicted molar refractivity (Wildman–Crippen MR) is 52.9 cm³/mol. The van der Waals surface area contributed by atoms with E-state index in [1.807, 2.05) is 0 Å². The third-order valence-corrected chi connectivity index (χ3v) is 1.38. The number of carbonyl (C=O) groups is 1.